The van der Waals surface area contributed by atoms with Gasteiger partial charge in [-0.25, -0.2) is 19.9 Å². The Kier molecular flexibility index (Phi) is 9.39. The minimum absolute atomic E-state index is 0.592. The number of fused-ring (bicyclic) bond motifs is 6. The SMILES string of the molecule is c1ccc(-c2cc(-c3ccccc3)nc(-c3cc(-n4c5ccccc5c5ccccc54)c(-c4nc(-c5ccccc5)cc(-c5ccccc5)n4)c(-n4c5ccccc5c5ccccc54)c3)n2)cc1. The molecule has 0 bridgehead atoms. The number of para-hydroxylation sites is 4. The van der Waals surface area contributed by atoms with Gasteiger partial charge in [-0.3, -0.25) is 0 Å². The summed E-state index contributed by atoms with van der Waals surface area (Å²) in [5.74, 6) is 1.19. The minimum atomic E-state index is 0.592. The normalized spacial score (nSPS) is 11.5. The number of rotatable bonds is 8. The largest absolute Gasteiger partial charge is 0.308 e. The number of hydrogen-bond acceptors (Lipinski definition) is 4. The van der Waals surface area contributed by atoms with Crippen LogP contribution in [0.5, 0.6) is 0 Å². The lowest BCUT2D eigenvalue weighted by Gasteiger charge is -2.22. The fourth-order valence-electron chi connectivity index (χ4n) is 9.85. The van der Waals surface area contributed by atoms with E-state index in [9.17, 15) is 0 Å². The van der Waals surface area contributed by atoms with Crippen molar-refractivity contribution in [1.29, 1.82) is 0 Å². The Hall–Kier alpha value is -9.26. The number of hydrogen-bond donors (Lipinski definition) is 0. The Balaban J connectivity index is 1.23. The molecule has 318 valence electrons. The van der Waals surface area contributed by atoms with Crippen molar-refractivity contribution in [1.82, 2.24) is 29.1 Å². The van der Waals surface area contributed by atoms with Crippen molar-refractivity contribution in [2.24, 2.45) is 0 Å². The van der Waals surface area contributed by atoms with E-state index in [1.807, 2.05) is 24.3 Å². The second kappa shape index (κ2) is 16.3. The summed E-state index contributed by atoms with van der Waals surface area (Å²) in [7, 11) is 0. The Morgan fingerprint density at radius 3 is 0.809 bits per heavy atom. The molecular formula is C62H40N6. The molecule has 0 saturated heterocycles. The number of aromatic nitrogens is 6. The van der Waals surface area contributed by atoms with Gasteiger partial charge in [0.15, 0.2) is 11.6 Å². The second-order valence-electron chi connectivity index (χ2n) is 17.0. The Bertz CT molecular complexity index is 3650. The van der Waals surface area contributed by atoms with Gasteiger partial charge in [0.1, 0.15) is 0 Å². The van der Waals surface area contributed by atoms with Gasteiger partial charge in [0.25, 0.3) is 0 Å². The maximum atomic E-state index is 5.60. The summed E-state index contributed by atoms with van der Waals surface area (Å²) in [6, 6.07) is 84.9. The highest BCUT2D eigenvalue weighted by Crippen LogP contribution is 2.44. The van der Waals surface area contributed by atoms with Crippen LogP contribution in [0.1, 0.15) is 0 Å². The van der Waals surface area contributed by atoms with E-state index in [0.29, 0.717) is 11.6 Å². The molecule has 0 unspecified atom stereocenters. The van der Waals surface area contributed by atoms with E-state index in [0.717, 1.165) is 111 Å². The number of nitrogens with zero attached hydrogens (tertiary/aromatic N) is 6. The van der Waals surface area contributed by atoms with E-state index >= 15 is 0 Å². The lowest BCUT2D eigenvalue weighted by molar-refractivity contribution is 1.10. The van der Waals surface area contributed by atoms with Crippen molar-refractivity contribution < 1.29 is 0 Å². The van der Waals surface area contributed by atoms with Gasteiger partial charge in [0, 0.05) is 49.4 Å². The van der Waals surface area contributed by atoms with Crippen LogP contribution < -0.4 is 0 Å². The summed E-state index contributed by atoms with van der Waals surface area (Å²) in [5, 5.41) is 4.59. The fourth-order valence-corrected chi connectivity index (χ4v) is 9.85. The summed E-state index contributed by atoms with van der Waals surface area (Å²) < 4.78 is 4.78. The molecule has 0 aliphatic heterocycles. The van der Waals surface area contributed by atoms with Crippen molar-refractivity contribution >= 4 is 43.6 Å². The van der Waals surface area contributed by atoms with E-state index < -0.39 is 0 Å². The van der Waals surface area contributed by atoms with Crippen LogP contribution in [-0.2, 0) is 0 Å². The summed E-state index contributed by atoms with van der Waals surface area (Å²) in [4.78, 5) is 22.1. The molecular weight excluding hydrogens is 829 g/mol. The van der Waals surface area contributed by atoms with Crippen molar-refractivity contribution in [3.05, 3.63) is 243 Å². The van der Waals surface area contributed by atoms with E-state index in [-0.39, 0.29) is 0 Å². The highest BCUT2D eigenvalue weighted by molar-refractivity contribution is 6.12. The lowest BCUT2D eigenvalue weighted by atomic mass is 10.0. The predicted octanol–water partition coefficient (Wildman–Crippen LogP) is 15.5. The van der Waals surface area contributed by atoms with Crippen LogP contribution in [0, 0.1) is 0 Å². The van der Waals surface area contributed by atoms with Gasteiger partial charge in [-0.15, -0.1) is 0 Å². The van der Waals surface area contributed by atoms with Crippen LogP contribution in [0.4, 0.5) is 0 Å². The topological polar surface area (TPSA) is 61.4 Å². The maximum absolute atomic E-state index is 5.60. The molecule has 0 saturated carbocycles. The fraction of sp³-hybridized carbons (Fsp3) is 0. The average Bonchev–Trinajstić information content (AvgIpc) is 3.94. The molecule has 9 aromatic carbocycles. The van der Waals surface area contributed by atoms with Gasteiger partial charge in [-0.05, 0) is 48.5 Å². The highest BCUT2D eigenvalue weighted by atomic mass is 15.0. The average molecular weight is 869 g/mol. The molecule has 6 nitrogen and oxygen atoms in total. The molecule has 13 rings (SSSR count). The van der Waals surface area contributed by atoms with Crippen LogP contribution in [-0.4, -0.2) is 29.1 Å². The molecule has 0 aliphatic carbocycles. The minimum Gasteiger partial charge on any atom is -0.308 e. The van der Waals surface area contributed by atoms with Gasteiger partial charge in [-0.2, -0.15) is 0 Å². The molecule has 0 spiro atoms. The van der Waals surface area contributed by atoms with Crippen LogP contribution >= 0.6 is 0 Å². The Labute approximate surface area is 392 Å². The summed E-state index contributed by atoms with van der Waals surface area (Å²) in [6.45, 7) is 0. The third kappa shape index (κ3) is 6.66. The van der Waals surface area contributed by atoms with Gasteiger partial charge >= 0.3 is 0 Å². The zero-order valence-electron chi connectivity index (χ0n) is 36.8. The molecule has 0 atom stereocenters. The van der Waals surface area contributed by atoms with E-state index in [4.69, 9.17) is 19.9 Å². The predicted molar refractivity (Wildman–Crippen MR) is 279 cm³/mol. The third-order valence-corrected chi connectivity index (χ3v) is 13.0. The van der Waals surface area contributed by atoms with Crippen molar-refractivity contribution in [2.75, 3.05) is 0 Å². The Morgan fingerprint density at radius 2 is 0.500 bits per heavy atom. The molecule has 4 heterocycles. The van der Waals surface area contributed by atoms with Crippen LogP contribution in [0.2, 0.25) is 0 Å². The molecule has 68 heavy (non-hydrogen) atoms. The van der Waals surface area contributed by atoms with E-state index in [2.05, 4.69) is 228 Å². The van der Waals surface area contributed by atoms with Crippen LogP contribution in [0.15, 0.2) is 243 Å². The number of benzene rings is 9. The standard InChI is InChI=1S/C62H40N6/c1-5-21-41(22-6-1)50-39-51(42-23-7-2-8-24-42)64-61(63-50)45-37-58(67-54-33-17-13-29-46(54)47-30-14-18-34-55(47)67)60(59(38-45)68-56-35-19-15-31-48(56)49-32-16-20-36-57(49)68)62-65-52(43-25-9-3-10-26-43)40-53(66-62)44-27-11-4-12-28-44/h1-40H. The zero-order chi connectivity index (χ0) is 45.0. The third-order valence-electron chi connectivity index (χ3n) is 13.0. The van der Waals surface area contributed by atoms with Crippen molar-refractivity contribution in [2.45, 2.75) is 0 Å². The van der Waals surface area contributed by atoms with Crippen LogP contribution in [0.3, 0.4) is 0 Å². The van der Waals surface area contributed by atoms with E-state index in [1.54, 1.807) is 0 Å². The first kappa shape index (κ1) is 39.1. The molecule has 13 aromatic rings. The monoisotopic (exact) mass is 868 g/mol. The molecule has 0 aliphatic rings. The highest BCUT2D eigenvalue weighted by Gasteiger charge is 2.27. The van der Waals surface area contributed by atoms with Crippen molar-refractivity contribution in [3.63, 3.8) is 0 Å². The second-order valence-corrected chi connectivity index (χ2v) is 17.0. The molecule has 0 N–H and O–H groups in total. The van der Waals surface area contributed by atoms with E-state index in [1.165, 1.54) is 0 Å². The first-order valence-corrected chi connectivity index (χ1v) is 22.9. The summed E-state index contributed by atoms with van der Waals surface area (Å²) >= 11 is 0. The maximum Gasteiger partial charge on any atom is 0.164 e. The van der Waals surface area contributed by atoms with Crippen LogP contribution in [0.25, 0.3) is 123 Å². The lowest BCUT2D eigenvalue weighted by Crippen LogP contribution is -2.08. The molecule has 0 radical (unpaired) electrons. The smallest absolute Gasteiger partial charge is 0.164 e. The molecule has 0 fully saturated rings. The zero-order valence-corrected chi connectivity index (χ0v) is 36.8. The van der Waals surface area contributed by atoms with Gasteiger partial charge in [0.05, 0.1) is 61.8 Å². The van der Waals surface area contributed by atoms with Crippen molar-refractivity contribution in [3.8, 4) is 79.2 Å². The first-order valence-electron chi connectivity index (χ1n) is 22.9. The van der Waals surface area contributed by atoms with Gasteiger partial charge in [-0.1, -0.05) is 194 Å². The van der Waals surface area contributed by atoms with Gasteiger partial charge < -0.3 is 9.13 Å². The summed E-state index contributed by atoms with van der Waals surface area (Å²) in [5.41, 5.74) is 15.1. The molecule has 6 heteroatoms. The molecule has 4 aromatic heterocycles. The first-order chi connectivity index (χ1) is 33.7. The Morgan fingerprint density at radius 1 is 0.235 bits per heavy atom. The van der Waals surface area contributed by atoms with Gasteiger partial charge in [0.2, 0.25) is 0 Å². The molecule has 0 amide bonds. The summed E-state index contributed by atoms with van der Waals surface area (Å²) in [6.07, 6.45) is 0. The quantitative estimate of drug-likeness (QED) is 0.153.